The van der Waals surface area contributed by atoms with Crippen molar-refractivity contribution in [3.63, 3.8) is 0 Å². The van der Waals surface area contributed by atoms with Crippen LogP contribution in [0.1, 0.15) is 12.1 Å². The molecule has 0 aliphatic heterocycles. The van der Waals surface area contributed by atoms with Crippen LogP contribution < -0.4 is 10.2 Å². The van der Waals surface area contributed by atoms with E-state index < -0.39 is 29.2 Å². The zero-order chi connectivity index (χ0) is 10.0. The van der Waals surface area contributed by atoms with E-state index in [4.69, 9.17) is 0 Å². The van der Waals surface area contributed by atoms with Gasteiger partial charge in [0, 0.05) is 6.07 Å². The van der Waals surface area contributed by atoms with Crippen molar-refractivity contribution in [2.75, 3.05) is 7.11 Å². The van der Waals surface area contributed by atoms with Crippen molar-refractivity contribution < 1.29 is 17.9 Å². The predicted molar refractivity (Wildman–Crippen MR) is 38.5 cm³/mol. The summed E-state index contributed by atoms with van der Waals surface area (Å²) in [6.45, 7) is 0. The molecule has 0 aliphatic carbocycles. The third-order valence-electron chi connectivity index (χ3n) is 1.40. The molecule has 0 radical (unpaired) electrons. The van der Waals surface area contributed by atoms with Crippen LogP contribution in [0.2, 0.25) is 0 Å². The highest BCUT2D eigenvalue weighted by molar-refractivity contribution is 5.22. The second-order valence-corrected chi connectivity index (χ2v) is 2.24. The van der Waals surface area contributed by atoms with Crippen molar-refractivity contribution in [3.8, 4) is 5.75 Å². The van der Waals surface area contributed by atoms with Gasteiger partial charge in [-0.25, -0.2) is 8.78 Å². The first kappa shape index (κ1) is 9.63. The summed E-state index contributed by atoms with van der Waals surface area (Å²) in [5.74, 6) is -1.78. The van der Waals surface area contributed by atoms with E-state index in [1.54, 1.807) is 4.98 Å². The Bertz CT molecular complexity index is 361. The molecule has 13 heavy (non-hydrogen) atoms. The average molecular weight is 193 g/mol. The summed E-state index contributed by atoms with van der Waals surface area (Å²) in [7, 11) is 1.08. The van der Waals surface area contributed by atoms with Gasteiger partial charge in [-0.15, -0.1) is 0 Å². The number of ether oxygens (including phenoxy) is 1. The quantitative estimate of drug-likeness (QED) is 0.722. The maximum atomic E-state index is 12.8. The Kier molecular flexibility index (Phi) is 2.60. The Labute approximate surface area is 71.2 Å². The second-order valence-electron chi connectivity index (χ2n) is 2.24. The molecule has 1 rings (SSSR count). The summed E-state index contributed by atoms with van der Waals surface area (Å²) in [6, 6.07) is 0.604. The van der Waals surface area contributed by atoms with Crippen LogP contribution in [-0.2, 0) is 0 Å². The van der Waals surface area contributed by atoms with Gasteiger partial charge in [0.2, 0.25) is 17.1 Å². The number of pyridine rings is 1. The van der Waals surface area contributed by atoms with E-state index >= 15 is 0 Å². The zero-order valence-electron chi connectivity index (χ0n) is 6.61. The van der Waals surface area contributed by atoms with Gasteiger partial charge in [-0.2, -0.15) is 4.39 Å². The van der Waals surface area contributed by atoms with E-state index in [9.17, 15) is 18.0 Å². The molecular formula is C7H6F3NO2. The number of alkyl halides is 2. The lowest BCUT2D eigenvalue weighted by atomic mass is 10.3. The lowest BCUT2D eigenvalue weighted by Crippen LogP contribution is -2.11. The summed E-state index contributed by atoms with van der Waals surface area (Å²) >= 11 is 0. The molecule has 0 unspecified atom stereocenters. The summed E-state index contributed by atoms with van der Waals surface area (Å²) < 4.78 is 41.1. The minimum absolute atomic E-state index is 0.593. The molecule has 0 amide bonds. The molecule has 0 saturated carbocycles. The fourth-order valence-electron chi connectivity index (χ4n) is 0.842. The van der Waals surface area contributed by atoms with Gasteiger partial charge >= 0.3 is 0 Å². The van der Waals surface area contributed by atoms with Gasteiger partial charge in [-0.1, -0.05) is 0 Å². The predicted octanol–water partition coefficient (Wildman–Crippen LogP) is 1.46. The van der Waals surface area contributed by atoms with E-state index in [2.05, 4.69) is 4.74 Å². The van der Waals surface area contributed by atoms with Crippen molar-refractivity contribution >= 4 is 0 Å². The number of aromatic nitrogens is 1. The van der Waals surface area contributed by atoms with Crippen molar-refractivity contribution in [3.05, 3.63) is 27.9 Å². The average Bonchev–Trinajstić information content (AvgIpc) is 2.03. The van der Waals surface area contributed by atoms with Crippen molar-refractivity contribution in [1.82, 2.24) is 4.98 Å². The Morgan fingerprint density at radius 1 is 1.54 bits per heavy atom. The molecule has 0 atom stereocenters. The molecule has 0 aromatic carbocycles. The minimum atomic E-state index is -2.91. The van der Waals surface area contributed by atoms with Gasteiger partial charge in [0.1, 0.15) is 0 Å². The smallest absolute Gasteiger partial charge is 0.278 e. The standard InChI is InChI=1S/C7H6F3NO2/c1-13-5-4(12)2-3(6(8)9)11-7(5)10/h2,6H,1H3,(H,11,12). The Hall–Kier alpha value is -1.46. The Balaban J connectivity index is 3.29. The van der Waals surface area contributed by atoms with E-state index in [0.717, 1.165) is 7.11 Å². The first-order valence-corrected chi connectivity index (χ1v) is 3.31. The largest absolute Gasteiger partial charge is 0.489 e. The Morgan fingerprint density at radius 3 is 2.54 bits per heavy atom. The SMILES string of the molecule is COc1c(F)[nH]c(C(F)F)cc1=O. The highest BCUT2D eigenvalue weighted by Crippen LogP contribution is 2.17. The summed E-state index contributed by atoms with van der Waals surface area (Å²) in [5.41, 5.74) is -1.67. The van der Waals surface area contributed by atoms with E-state index in [1.807, 2.05) is 0 Å². The van der Waals surface area contributed by atoms with Crippen molar-refractivity contribution in [2.45, 2.75) is 6.43 Å². The summed E-state index contributed by atoms with van der Waals surface area (Å²) in [6.07, 6.45) is -2.91. The van der Waals surface area contributed by atoms with Gasteiger partial charge < -0.3 is 9.72 Å². The number of hydrogen-bond acceptors (Lipinski definition) is 2. The molecule has 6 heteroatoms. The van der Waals surface area contributed by atoms with Gasteiger partial charge in [0.05, 0.1) is 12.8 Å². The fourth-order valence-corrected chi connectivity index (χ4v) is 0.842. The van der Waals surface area contributed by atoms with Crippen LogP contribution in [0.4, 0.5) is 13.2 Å². The molecule has 0 saturated heterocycles. The number of H-pyrrole nitrogens is 1. The number of aromatic amines is 1. The third kappa shape index (κ3) is 1.82. The van der Waals surface area contributed by atoms with Crippen LogP contribution >= 0.6 is 0 Å². The Morgan fingerprint density at radius 2 is 2.15 bits per heavy atom. The molecular weight excluding hydrogens is 187 g/mol. The maximum Gasteiger partial charge on any atom is 0.278 e. The normalized spacial score (nSPS) is 10.5. The summed E-state index contributed by atoms with van der Waals surface area (Å²) in [5, 5.41) is 0. The van der Waals surface area contributed by atoms with E-state index in [-0.39, 0.29) is 0 Å². The third-order valence-corrected chi connectivity index (χ3v) is 1.40. The first-order chi connectivity index (χ1) is 6.06. The highest BCUT2D eigenvalue weighted by Gasteiger charge is 2.14. The zero-order valence-corrected chi connectivity index (χ0v) is 6.61. The number of rotatable bonds is 2. The second kappa shape index (κ2) is 3.51. The monoisotopic (exact) mass is 193 g/mol. The van der Waals surface area contributed by atoms with Gasteiger partial charge in [0.25, 0.3) is 6.43 Å². The molecule has 3 nitrogen and oxygen atoms in total. The number of hydrogen-bond donors (Lipinski definition) is 1. The van der Waals surface area contributed by atoms with Gasteiger partial charge in [-0.3, -0.25) is 4.79 Å². The van der Waals surface area contributed by atoms with Crippen LogP contribution in [0, 0.1) is 5.95 Å². The molecule has 0 bridgehead atoms. The van der Waals surface area contributed by atoms with Crippen LogP contribution in [-0.4, -0.2) is 12.1 Å². The molecule has 0 spiro atoms. The molecule has 1 aromatic heterocycles. The first-order valence-electron chi connectivity index (χ1n) is 3.31. The van der Waals surface area contributed by atoms with Gasteiger partial charge in [-0.05, 0) is 0 Å². The maximum absolute atomic E-state index is 12.8. The molecule has 72 valence electrons. The van der Waals surface area contributed by atoms with Crippen LogP contribution in [0.25, 0.3) is 0 Å². The van der Waals surface area contributed by atoms with E-state index in [1.165, 1.54) is 0 Å². The highest BCUT2D eigenvalue weighted by atomic mass is 19.3. The minimum Gasteiger partial charge on any atom is -0.489 e. The molecule has 1 N–H and O–H groups in total. The van der Waals surface area contributed by atoms with Crippen LogP contribution in [0.5, 0.6) is 5.75 Å². The molecule has 0 fully saturated rings. The van der Waals surface area contributed by atoms with Crippen LogP contribution in [0.15, 0.2) is 10.9 Å². The fraction of sp³-hybridized carbons (Fsp3) is 0.286. The summed E-state index contributed by atoms with van der Waals surface area (Å²) in [4.78, 5) is 12.6. The van der Waals surface area contributed by atoms with Gasteiger partial charge in [0.15, 0.2) is 0 Å². The molecule has 0 aliphatic rings. The van der Waals surface area contributed by atoms with Crippen molar-refractivity contribution in [2.24, 2.45) is 0 Å². The topological polar surface area (TPSA) is 42.1 Å². The lowest BCUT2D eigenvalue weighted by molar-refractivity contribution is 0.144. The number of nitrogens with one attached hydrogen (secondary N) is 1. The number of halogens is 3. The molecule has 1 heterocycles. The lowest BCUT2D eigenvalue weighted by Gasteiger charge is -2.03. The molecule has 1 aromatic rings. The van der Waals surface area contributed by atoms with Crippen LogP contribution in [0.3, 0.4) is 0 Å². The van der Waals surface area contributed by atoms with Crippen molar-refractivity contribution in [1.29, 1.82) is 0 Å². The van der Waals surface area contributed by atoms with E-state index in [0.29, 0.717) is 6.07 Å². The number of methoxy groups -OCH3 is 1.